The van der Waals surface area contributed by atoms with Crippen molar-refractivity contribution in [2.45, 2.75) is 12.5 Å². The number of morpholine rings is 1. The van der Waals surface area contributed by atoms with Gasteiger partial charge in [0.05, 0.1) is 18.5 Å². The van der Waals surface area contributed by atoms with E-state index in [2.05, 4.69) is 4.98 Å². The maximum Gasteiger partial charge on any atom is 0.214 e. The van der Waals surface area contributed by atoms with Crippen molar-refractivity contribution in [1.82, 2.24) is 9.29 Å². The van der Waals surface area contributed by atoms with E-state index in [0.717, 1.165) is 5.56 Å². The van der Waals surface area contributed by atoms with Crippen molar-refractivity contribution in [2.75, 3.05) is 31.3 Å². The fourth-order valence-corrected chi connectivity index (χ4v) is 3.65. The third-order valence-electron chi connectivity index (χ3n) is 3.07. The van der Waals surface area contributed by atoms with Gasteiger partial charge >= 0.3 is 0 Å². The highest BCUT2D eigenvalue weighted by Gasteiger charge is 2.28. The maximum atomic E-state index is 12.2. The van der Waals surface area contributed by atoms with Crippen molar-refractivity contribution in [3.8, 4) is 0 Å². The summed E-state index contributed by atoms with van der Waals surface area (Å²) < 4.78 is 31.3. The Labute approximate surface area is 118 Å². The van der Waals surface area contributed by atoms with Gasteiger partial charge in [-0.3, -0.25) is 4.98 Å². The Morgan fingerprint density at radius 2 is 2.16 bits per heavy atom. The van der Waals surface area contributed by atoms with E-state index < -0.39 is 10.0 Å². The molecule has 1 fully saturated rings. The number of ether oxygens (including phenoxy) is 1. The predicted molar refractivity (Wildman–Crippen MR) is 73.8 cm³/mol. The quantitative estimate of drug-likeness (QED) is 0.758. The number of hydrogen-bond acceptors (Lipinski definition) is 4. The molecule has 0 spiro atoms. The molecule has 2 heterocycles. The highest BCUT2D eigenvalue weighted by molar-refractivity contribution is 7.89. The van der Waals surface area contributed by atoms with Gasteiger partial charge in [0.1, 0.15) is 0 Å². The van der Waals surface area contributed by atoms with Crippen molar-refractivity contribution in [1.29, 1.82) is 0 Å². The summed E-state index contributed by atoms with van der Waals surface area (Å²) in [4.78, 5) is 3.91. The molecule has 0 saturated carbocycles. The van der Waals surface area contributed by atoms with E-state index in [1.807, 2.05) is 12.1 Å². The number of halogens is 1. The smallest absolute Gasteiger partial charge is 0.214 e. The van der Waals surface area contributed by atoms with Crippen molar-refractivity contribution in [3.63, 3.8) is 0 Å². The van der Waals surface area contributed by atoms with E-state index >= 15 is 0 Å². The van der Waals surface area contributed by atoms with E-state index in [-0.39, 0.29) is 11.9 Å². The van der Waals surface area contributed by atoms with Crippen LogP contribution in [0.15, 0.2) is 24.5 Å². The first-order valence-electron chi connectivity index (χ1n) is 6.16. The Kier molecular flexibility index (Phi) is 5.15. The molecule has 2 rings (SSSR count). The molecule has 7 heteroatoms. The summed E-state index contributed by atoms with van der Waals surface area (Å²) in [6, 6.07) is 3.66. The molecule has 106 valence electrons. The molecule has 19 heavy (non-hydrogen) atoms. The molecule has 1 aliphatic heterocycles. The average molecular weight is 305 g/mol. The molecule has 0 aliphatic carbocycles. The van der Waals surface area contributed by atoms with Crippen LogP contribution in [-0.2, 0) is 21.2 Å². The third-order valence-corrected chi connectivity index (χ3v) is 5.25. The summed E-state index contributed by atoms with van der Waals surface area (Å²) in [5.74, 6) is 0.419. The number of rotatable bonds is 5. The molecular weight excluding hydrogens is 288 g/mol. The zero-order valence-electron chi connectivity index (χ0n) is 10.5. The summed E-state index contributed by atoms with van der Waals surface area (Å²) in [5.41, 5.74) is 0.973. The highest BCUT2D eigenvalue weighted by Crippen LogP contribution is 2.13. The summed E-state index contributed by atoms with van der Waals surface area (Å²) in [6.07, 6.45) is 3.62. The first-order chi connectivity index (χ1) is 9.12. The standard InChI is InChI=1S/C12H17ClN2O3S/c13-9-12-10-15(6-7-18-12)19(16,17)8-3-11-1-4-14-5-2-11/h1-2,4-5,12H,3,6-10H2. The Balaban J connectivity index is 1.94. The van der Waals surface area contributed by atoms with Gasteiger partial charge in [-0.2, -0.15) is 4.31 Å². The van der Waals surface area contributed by atoms with Gasteiger partial charge in [-0.05, 0) is 24.1 Å². The largest absolute Gasteiger partial charge is 0.374 e. The minimum atomic E-state index is -3.25. The van der Waals surface area contributed by atoms with Crippen LogP contribution in [-0.4, -0.2) is 55.1 Å². The van der Waals surface area contributed by atoms with Crippen LogP contribution in [0.2, 0.25) is 0 Å². The van der Waals surface area contributed by atoms with Crippen LogP contribution < -0.4 is 0 Å². The van der Waals surface area contributed by atoms with E-state index in [9.17, 15) is 8.42 Å². The van der Waals surface area contributed by atoms with Gasteiger partial charge < -0.3 is 4.74 Å². The maximum absolute atomic E-state index is 12.2. The normalized spacial score (nSPS) is 21.4. The first kappa shape index (κ1) is 14.7. The van der Waals surface area contributed by atoms with Gasteiger partial charge in [-0.25, -0.2) is 8.42 Å². The van der Waals surface area contributed by atoms with Crippen LogP contribution in [0.3, 0.4) is 0 Å². The minimum absolute atomic E-state index is 0.103. The number of hydrogen-bond donors (Lipinski definition) is 0. The Morgan fingerprint density at radius 3 is 2.84 bits per heavy atom. The molecule has 1 aromatic rings. The van der Waals surface area contributed by atoms with Crippen LogP contribution in [0.1, 0.15) is 5.56 Å². The van der Waals surface area contributed by atoms with Crippen LogP contribution >= 0.6 is 11.6 Å². The Morgan fingerprint density at radius 1 is 1.42 bits per heavy atom. The van der Waals surface area contributed by atoms with Gasteiger partial charge in [-0.15, -0.1) is 11.6 Å². The molecule has 1 aliphatic rings. The van der Waals surface area contributed by atoms with E-state index in [0.29, 0.717) is 32.0 Å². The first-order valence-corrected chi connectivity index (χ1v) is 8.30. The average Bonchev–Trinajstić information content (AvgIpc) is 2.46. The molecule has 0 N–H and O–H groups in total. The van der Waals surface area contributed by atoms with Crippen molar-refractivity contribution < 1.29 is 13.2 Å². The number of alkyl halides is 1. The summed E-state index contributed by atoms with van der Waals surface area (Å²) >= 11 is 5.72. The van der Waals surface area contributed by atoms with Crippen LogP contribution in [0.5, 0.6) is 0 Å². The third kappa shape index (κ3) is 4.14. The second kappa shape index (κ2) is 6.65. The van der Waals surface area contributed by atoms with Crippen LogP contribution in [0.4, 0.5) is 0 Å². The lowest BCUT2D eigenvalue weighted by Gasteiger charge is -2.31. The molecule has 1 unspecified atom stereocenters. The van der Waals surface area contributed by atoms with Gasteiger partial charge in [0.2, 0.25) is 10.0 Å². The predicted octanol–water partition coefficient (Wildman–Crippen LogP) is 0.893. The zero-order valence-corrected chi connectivity index (χ0v) is 12.1. The summed E-state index contributed by atoms with van der Waals surface area (Å²) in [5, 5.41) is 0. The van der Waals surface area contributed by atoms with Gasteiger partial charge in [-0.1, -0.05) is 0 Å². The highest BCUT2D eigenvalue weighted by atomic mass is 35.5. The SMILES string of the molecule is O=S(=O)(CCc1ccncc1)N1CCOC(CCl)C1. The van der Waals surface area contributed by atoms with E-state index in [1.165, 1.54) is 4.31 Å². The molecule has 0 aromatic carbocycles. The van der Waals surface area contributed by atoms with E-state index in [4.69, 9.17) is 16.3 Å². The lowest BCUT2D eigenvalue weighted by Crippen LogP contribution is -2.47. The van der Waals surface area contributed by atoms with Gasteiger partial charge in [0.15, 0.2) is 0 Å². The second-order valence-corrected chi connectivity index (χ2v) is 6.82. The Hall–Kier alpha value is -0.690. The summed E-state index contributed by atoms with van der Waals surface area (Å²) in [7, 11) is -3.25. The Bertz CT molecular complexity index is 495. The molecule has 1 atom stereocenters. The van der Waals surface area contributed by atoms with Gasteiger partial charge in [0, 0.05) is 31.4 Å². The molecular formula is C12H17ClN2O3S. The van der Waals surface area contributed by atoms with Crippen LogP contribution in [0, 0.1) is 0 Å². The number of nitrogens with zero attached hydrogens (tertiary/aromatic N) is 2. The molecule has 5 nitrogen and oxygen atoms in total. The van der Waals surface area contributed by atoms with Crippen LogP contribution in [0.25, 0.3) is 0 Å². The topological polar surface area (TPSA) is 59.5 Å². The molecule has 1 aromatic heterocycles. The number of aryl methyl sites for hydroxylation is 1. The zero-order chi connectivity index (χ0) is 13.7. The van der Waals surface area contributed by atoms with Gasteiger partial charge in [0.25, 0.3) is 0 Å². The fraction of sp³-hybridized carbons (Fsp3) is 0.583. The van der Waals surface area contributed by atoms with Crippen molar-refractivity contribution in [2.24, 2.45) is 0 Å². The lowest BCUT2D eigenvalue weighted by atomic mass is 10.2. The molecule has 0 radical (unpaired) electrons. The monoisotopic (exact) mass is 304 g/mol. The second-order valence-electron chi connectivity index (χ2n) is 4.43. The lowest BCUT2D eigenvalue weighted by molar-refractivity contribution is 0.0122. The number of pyridine rings is 1. The minimum Gasteiger partial charge on any atom is -0.374 e. The van der Waals surface area contributed by atoms with Crippen molar-refractivity contribution >= 4 is 21.6 Å². The number of aromatic nitrogens is 1. The summed E-state index contributed by atoms with van der Waals surface area (Å²) in [6.45, 7) is 1.17. The van der Waals surface area contributed by atoms with E-state index in [1.54, 1.807) is 12.4 Å². The molecule has 0 amide bonds. The van der Waals surface area contributed by atoms with Crippen molar-refractivity contribution in [3.05, 3.63) is 30.1 Å². The fourth-order valence-electron chi connectivity index (χ4n) is 1.96. The molecule has 1 saturated heterocycles. The number of sulfonamides is 1. The molecule has 0 bridgehead atoms.